The Hall–Kier alpha value is -1.39. The second-order valence-corrected chi connectivity index (χ2v) is 4.23. The molecule has 0 N–H and O–H groups in total. The first-order valence-electron chi connectivity index (χ1n) is 4.69. The molecule has 1 aromatic carbocycles. The minimum atomic E-state index is -3.39. The molecule has 0 saturated heterocycles. The van der Waals surface area contributed by atoms with E-state index in [0.717, 1.165) is 26.0 Å². The van der Waals surface area contributed by atoms with Gasteiger partial charge in [-0.2, -0.15) is 13.2 Å². The molecule has 0 spiro atoms. The van der Waals surface area contributed by atoms with Crippen molar-refractivity contribution in [1.82, 2.24) is 0 Å². The zero-order chi connectivity index (χ0) is 12.1. The predicted octanol–water partition coefficient (Wildman–Crippen LogP) is 3.43. The molecule has 1 aliphatic heterocycles. The number of benzene rings is 1. The molecule has 0 bridgehead atoms. The van der Waals surface area contributed by atoms with Gasteiger partial charge in [0.05, 0.1) is 0 Å². The number of hydrogen-bond acceptors (Lipinski definition) is 1. The van der Waals surface area contributed by atoms with Gasteiger partial charge in [-0.3, -0.25) is 0 Å². The fraction of sp³-hybridized carbons (Fsp3) is 0.364. The molecule has 0 radical (unpaired) electrons. The lowest BCUT2D eigenvalue weighted by Crippen LogP contribution is -2.43. The third-order valence-electron chi connectivity index (χ3n) is 2.69. The molecule has 5 heteroatoms. The molecule has 0 aliphatic carbocycles. The molecule has 0 fully saturated rings. The van der Waals surface area contributed by atoms with E-state index in [1.54, 1.807) is 0 Å². The standard InChI is InChI=1S/C11H9F4N/c1-10(2)11(14,15)8-5-6(12)3-4-7(8)9(13)16-10/h3-5H,1-2H3. The van der Waals surface area contributed by atoms with E-state index >= 15 is 0 Å². The van der Waals surface area contributed by atoms with Crippen LogP contribution in [0.1, 0.15) is 25.0 Å². The van der Waals surface area contributed by atoms with Gasteiger partial charge in [0.1, 0.15) is 11.4 Å². The quantitative estimate of drug-likeness (QED) is 0.606. The highest BCUT2D eigenvalue weighted by Gasteiger charge is 2.53. The van der Waals surface area contributed by atoms with Gasteiger partial charge in [0.15, 0.2) is 0 Å². The van der Waals surface area contributed by atoms with Gasteiger partial charge in [-0.05, 0) is 32.0 Å². The molecule has 1 aliphatic rings. The predicted molar refractivity (Wildman–Crippen MR) is 52.0 cm³/mol. The summed E-state index contributed by atoms with van der Waals surface area (Å²) < 4.78 is 54.1. The Labute approximate surface area is 89.8 Å². The number of alkyl halides is 2. The van der Waals surface area contributed by atoms with E-state index in [1.807, 2.05) is 0 Å². The smallest absolute Gasteiger partial charge is 0.244 e. The van der Waals surface area contributed by atoms with Crippen LogP contribution in [-0.4, -0.2) is 11.5 Å². The van der Waals surface area contributed by atoms with Gasteiger partial charge in [-0.1, -0.05) is 0 Å². The van der Waals surface area contributed by atoms with Gasteiger partial charge in [-0.15, -0.1) is 0 Å². The minimum absolute atomic E-state index is 0.342. The van der Waals surface area contributed by atoms with Crippen LogP contribution in [0.3, 0.4) is 0 Å². The normalized spacial score (nSPS) is 21.2. The molecule has 0 unspecified atom stereocenters. The number of hydrogen-bond donors (Lipinski definition) is 0. The lowest BCUT2D eigenvalue weighted by Gasteiger charge is -2.35. The van der Waals surface area contributed by atoms with Crippen LogP contribution in [0.2, 0.25) is 0 Å². The average molecular weight is 231 g/mol. The Bertz CT molecular complexity index is 477. The average Bonchev–Trinajstić information content (AvgIpc) is 2.14. The molecule has 0 amide bonds. The van der Waals surface area contributed by atoms with Crippen LogP contribution >= 0.6 is 0 Å². The lowest BCUT2D eigenvalue weighted by atomic mass is 9.85. The Morgan fingerprint density at radius 2 is 1.75 bits per heavy atom. The molecular formula is C11H9F4N. The van der Waals surface area contributed by atoms with Gasteiger partial charge in [-0.25, -0.2) is 9.38 Å². The summed E-state index contributed by atoms with van der Waals surface area (Å²) in [4.78, 5) is 3.32. The van der Waals surface area contributed by atoms with Gasteiger partial charge in [0.2, 0.25) is 5.97 Å². The zero-order valence-electron chi connectivity index (χ0n) is 8.69. The minimum Gasteiger partial charge on any atom is -0.244 e. The second kappa shape index (κ2) is 3.06. The fourth-order valence-electron chi connectivity index (χ4n) is 1.66. The number of rotatable bonds is 0. The van der Waals surface area contributed by atoms with E-state index in [4.69, 9.17) is 0 Å². The van der Waals surface area contributed by atoms with Crippen molar-refractivity contribution in [3.05, 3.63) is 35.1 Å². The Kier molecular flexibility index (Phi) is 2.12. The van der Waals surface area contributed by atoms with Gasteiger partial charge >= 0.3 is 0 Å². The summed E-state index contributed by atoms with van der Waals surface area (Å²) in [6.07, 6.45) is 0. The third kappa shape index (κ3) is 1.34. The molecule has 0 aromatic heterocycles. The summed E-state index contributed by atoms with van der Waals surface area (Å²) in [5.74, 6) is -5.19. The van der Waals surface area contributed by atoms with Crippen molar-refractivity contribution in [2.45, 2.75) is 25.3 Å². The van der Waals surface area contributed by atoms with Crippen molar-refractivity contribution >= 4 is 5.97 Å². The van der Waals surface area contributed by atoms with Crippen molar-refractivity contribution in [2.75, 3.05) is 0 Å². The number of fused-ring (bicyclic) bond motifs is 1. The summed E-state index contributed by atoms with van der Waals surface area (Å²) in [6.45, 7) is 2.22. The SMILES string of the molecule is CC1(C)N=C(F)c2ccc(F)cc2C1(F)F. The maximum atomic E-state index is 13.9. The van der Waals surface area contributed by atoms with Crippen molar-refractivity contribution in [2.24, 2.45) is 4.99 Å². The highest BCUT2D eigenvalue weighted by atomic mass is 19.3. The Balaban J connectivity index is 2.75. The first-order valence-corrected chi connectivity index (χ1v) is 4.69. The van der Waals surface area contributed by atoms with Crippen LogP contribution in [-0.2, 0) is 5.92 Å². The molecule has 16 heavy (non-hydrogen) atoms. The highest BCUT2D eigenvalue weighted by molar-refractivity contribution is 5.96. The topological polar surface area (TPSA) is 12.4 Å². The summed E-state index contributed by atoms with van der Waals surface area (Å²) in [7, 11) is 0. The molecule has 1 nitrogen and oxygen atoms in total. The van der Waals surface area contributed by atoms with Crippen LogP contribution < -0.4 is 0 Å². The second-order valence-electron chi connectivity index (χ2n) is 4.23. The lowest BCUT2D eigenvalue weighted by molar-refractivity contribution is -0.0691. The molecule has 1 aromatic rings. The van der Waals surface area contributed by atoms with Gasteiger partial charge in [0, 0.05) is 11.1 Å². The molecule has 0 atom stereocenters. The van der Waals surface area contributed by atoms with E-state index in [0.29, 0.717) is 6.07 Å². The Morgan fingerprint density at radius 1 is 1.12 bits per heavy atom. The fourth-order valence-corrected chi connectivity index (χ4v) is 1.66. The van der Waals surface area contributed by atoms with Crippen LogP contribution in [0.5, 0.6) is 0 Å². The summed E-state index contributed by atoms with van der Waals surface area (Å²) in [6, 6.07) is 2.57. The van der Waals surface area contributed by atoms with Crippen molar-refractivity contribution in [1.29, 1.82) is 0 Å². The summed E-state index contributed by atoms with van der Waals surface area (Å²) in [5.41, 5.74) is -2.89. The summed E-state index contributed by atoms with van der Waals surface area (Å²) >= 11 is 0. The van der Waals surface area contributed by atoms with E-state index in [2.05, 4.69) is 4.99 Å². The number of nitrogens with zero attached hydrogens (tertiary/aromatic N) is 1. The molecular weight excluding hydrogens is 222 g/mol. The maximum Gasteiger partial charge on any atom is 0.298 e. The Morgan fingerprint density at radius 3 is 2.38 bits per heavy atom. The number of aliphatic imine (C=N–C) groups is 1. The van der Waals surface area contributed by atoms with Gasteiger partial charge in [0.25, 0.3) is 5.92 Å². The van der Waals surface area contributed by atoms with Crippen molar-refractivity contribution in [3.8, 4) is 0 Å². The van der Waals surface area contributed by atoms with E-state index < -0.39 is 28.8 Å². The van der Waals surface area contributed by atoms with Gasteiger partial charge < -0.3 is 0 Å². The van der Waals surface area contributed by atoms with E-state index in [-0.39, 0.29) is 5.56 Å². The zero-order valence-corrected chi connectivity index (χ0v) is 8.69. The largest absolute Gasteiger partial charge is 0.298 e. The van der Waals surface area contributed by atoms with E-state index in [1.165, 1.54) is 0 Å². The molecule has 2 rings (SSSR count). The van der Waals surface area contributed by atoms with Crippen LogP contribution in [0.4, 0.5) is 17.6 Å². The van der Waals surface area contributed by atoms with Crippen LogP contribution in [0, 0.1) is 5.82 Å². The van der Waals surface area contributed by atoms with Crippen LogP contribution in [0.15, 0.2) is 23.2 Å². The maximum absolute atomic E-state index is 13.9. The van der Waals surface area contributed by atoms with Crippen molar-refractivity contribution < 1.29 is 17.6 Å². The number of halogens is 4. The third-order valence-corrected chi connectivity index (χ3v) is 2.69. The van der Waals surface area contributed by atoms with E-state index in [9.17, 15) is 17.6 Å². The van der Waals surface area contributed by atoms with Crippen LogP contribution in [0.25, 0.3) is 0 Å². The first kappa shape index (κ1) is 11.1. The molecule has 86 valence electrons. The first-order chi connectivity index (χ1) is 7.25. The monoisotopic (exact) mass is 231 g/mol. The molecule has 0 saturated carbocycles. The highest BCUT2D eigenvalue weighted by Crippen LogP contribution is 2.46. The summed E-state index contributed by atoms with van der Waals surface area (Å²) in [5, 5.41) is 0. The molecule has 1 heterocycles. The van der Waals surface area contributed by atoms with Crippen molar-refractivity contribution in [3.63, 3.8) is 0 Å².